The fourth-order valence-corrected chi connectivity index (χ4v) is 0.618. The molecule has 1 aliphatic heterocycles. The Morgan fingerprint density at radius 3 is 2.67 bits per heavy atom. The molecule has 0 aliphatic carbocycles. The molecule has 0 spiro atoms. The maximum atomic E-state index is 5.07. The Morgan fingerprint density at radius 2 is 2.33 bits per heavy atom. The molecule has 0 saturated heterocycles. The van der Waals surface area contributed by atoms with Gasteiger partial charge in [-0.3, -0.25) is 9.98 Å². The topological polar surface area (TPSA) is 34.0 Å². The molecule has 9 heavy (non-hydrogen) atoms. The van der Waals surface area contributed by atoms with Crippen LogP contribution in [0.3, 0.4) is 0 Å². The van der Waals surface area contributed by atoms with Gasteiger partial charge in [0.2, 0.25) is 0 Å². The van der Waals surface area contributed by atoms with Crippen LogP contribution in [0.15, 0.2) is 9.98 Å². The van der Waals surface area contributed by atoms with Crippen LogP contribution in [0, 0.1) is 0 Å². The minimum absolute atomic E-state index is 0.408. The van der Waals surface area contributed by atoms with Gasteiger partial charge >= 0.3 is 0 Å². The minimum Gasteiger partial charge on any atom is -0.355 e. The highest BCUT2D eigenvalue weighted by molar-refractivity contribution is 6.16. The Hall–Kier alpha value is -0.700. The quantitative estimate of drug-likeness (QED) is 0.504. The molecule has 0 radical (unpaired) electrons. The lowest BCUT2D eigenvalue weighted by Crippen LogP contribution is -2.30. The van der Waals surface area contributed by atoms with E-state index in [9.17, 15) is 0 Å². The third-order valence-corrected chi connectivity index (χ3v) is 1.34. The van der Waals surface area contributed by atoms with Gasteiger partial charge in [-0.1, -0.05) is 0 Å². The number of aliphatic imine (C=N–C) groups is 2. The predicted octanol–water partition coefficient (Wildman–Crippen LogP) is 0.504. The molecular formula is C6H10N2O. The molecule has 0 amide bonds. The summed E-state index contributed by atoms with van der Waals surface area (Å²) in [4.78, 5) is 8.09. The average molecular weight is 126 g/mol. The van der Waals surface area contributed by atoms with Crippen molar-refractivity contribution in [2.75, 3.05) is 13.7 Å². The first-order chi connectivity index (χ1) is 4.27. The van der Waals surface area contributed by atoms with Crippen LogP contribution in [0.25, 0.3) is 0 Å². The molecule has 0 aromatic heterocycles. The Balaban J connectivity index is 2.63. The Bertz CT molecular complexity index is 153. The van der Waals surface area contributed by atoms with Crippen LogP contribution in [0.5, 0.6) is 0 Å². The highest BCUT2D eigenvalue weighted by Gasteiger charge is 2.21. The molecule has 3 nitrogen and oxygen atoms in total. The molecule has 0 N–H and O–H groups in total. The van der Waals surface area contributed by atoms with Crippen LogP contribution in [0.4, 0.5) is 0 Å². The van der Waals surface area contributed by atoms with E-state index >= 15 is 0 Å². The summed E-state index contributed by atoms with van der Waals surface area (Å²) < 4.78 is 5.07. The predicted molar refractivity (Wildman–Crippen MR) is 37.3 cm³/mol. The highest BCUT2D eigenvalue weighted by atomic mass is 16.5. The SMILES string of the molecule is COC1(C)CN=CC=N1. The summed E-state index contributed by atoms with van der Waals surface area (Å²) in [5.74, 6) is 0. The zero-order valence-electron chi connectivity index (χ0n) is 5.66. The number of rotatable bonds is 1. The highest BCUT2D eigenvalue weighted by Crippen LogP contribution is 2.11. The normalized spacial score (nSPS) is 33.1. The molecule has 0 aromatic rings. The van der Waals surface area contributed by atoms with Gasteiger partial charge in [0.15, 0.2) is 5.72 Å². The molecule has 0 bridgehead atoms. The number of methoxy groups -OCH3 is 1. The molecule has 50 valence electrons. The van der Waals surface area contributed by atoms with Gasteiger partial charge in [-0.2, -0.15) is 0 Å². The average Bonchev–Trinajstić information content (AvgIpc) is 1.90. The molecule has 0 aromatic carbocycles. The zero-order chi connectivity index (χ0) is 6.74. The van der Waals surface area contributed by atoms with Gasteiger partial charge in [-0.05, 0) is 6.92 Å². The molecule has 1 atom stereocenters. The van der Waals surface area contributed by atoms with E-state index < -0.39 is 5.72 Å². The zero-order valence-corrected chi connectivity index (χ0v) is 5.66. The molecule has 1 aliphatic rings. The first-order valence-electron chi connectivity index (χ1n) is 2.86. The number of nitrogens with zero attached hydrogens (tertiary/aromatic N) is 2. The second-order valence-electron chi connectivity index (χ2n) is 2.15. The fraction of sp³-hybridized carbons (Fsp3) is 0.667. The third kappa shape index (κ3) is 1.36. The summed E-state index contributed by atoms with van der Waals surface area (Å²) in [5.41, 5.74) is -0.408. The van der Waals surface area contributed by atoms with E-state index in [2.05, 4.69) is 9.98 Å². The van der Waals surface area contributed by atoms with Gasteiger partial charge in [-0.15, -0.1) is 0 Å². The summed E-state index contributed by atoms with van der Waals surface area (Å²) in [6.07, 6.45) is 3.34. The van der Waals surface area contributed by atoms with Crippen molar-refractivity contribution in [2.45, 2.75) is 12.6 Å². The third-order valence-electron chi connectivity index (χ3n) is 1.34. The monoisotopic (exact) mass is 126 g/mol. The summed E-state index contributed by atoms with van der Waals surface area (Å²) in [7, 11) is 1.64. The molecule has 1 rings (SSSR count). The van der Waals surface area contributed by atoms with E-state index in [0.29, 0.717) is 6.54 Å². The van der Waals surface area contributed by atoms with Crippen LogP contribution in [-0.4, -0.2) is 31.8 Å². The van der Waals surface area contributed by atoms with E-state index in [1.165, 1.54) is 0 Å². The maximum Gasteiger partial charge on any atom is 0.175 e. The van der Waals surface area contributed by atoms with E-state index in [-0.39, 0.29) is 0 Å². The molecule has 0 fully saturated rings. The molecule has 3 heteroatoms. The summed E-state index contributed by atoms with van der Waals surface area (Å²) >= 11 is 0. The molecule has 1 heterocycles. The Morgan fingerprint density at radius 1 is 1.56 bits per heavy atom. The van der Waals surface area contributed by atoms with Crippen LogP contribution < -0.4 is 0 Å². The van der Waals surface area contributed by atoms with Crippen LogP contribution in [-0.2, 0) is 4.74 Å². The lowest BCUT2D eigenvalue weighted by Gasteiger charge is -2.22. The van der Waals surface area contributed by atoms with Crippen molar-refractivity contribution >= 4 is 12.4 Å². The van der Waals surface area contributed by atoms with Crippen molar-refractivity contribution in [1.82, 2.24) is 0 Å². The minimum atomic E-state index is -0.408. The smallest absolute Gasteiger partial charge is 0.175 e. The molecule has 0 saturated carbocycles. The second kappa shape index (κ2) is 2.27. The second-order valence-corrected chi connectivity index (χ2v) is 2.15. The van der Waals surface area contributed by atoms with Crippen molar-refractivity contribution in [3.63, 3.8) is 0 Å². The largest absolute Gasteiger partial charge is 0.355 e. The van der Waals surface area contributed by atoms with Crippen molar-refractivity contribution < 1.29 is 4.74 Å². The van der Waals surface area contributed by atoms with E-state index in [0.717, 1.165) is 0 Å². The summed E-state index contributed by atoms with van der Waals surface area (Å²) in [6.45, 7) is 2.53. The first-order valence-corrected chi connectivity index (χ1v) is 2.86. The van der Waals surface area contributed by atoms with Gasteiger partial charge in [0.05, 0.1) is 6.54 Å². The summed E-state index contributed by atoms with van der Waals surface area (Å²) in [6, 6.07) is 0. The molecular weight excluding hydrogens is 116 g/mol. The van der Waals surface area contributed by atoms with Crippen molar-refractivity contribution in [2.24, 2.45) is 9.98 Å². The lowest BCUT2D eigenvalue weighted by atomic mass is 10.2. The number of ether oxygens (including phenoxy) is 1. The standard InChI is InChI=1S/C6H10N2O/c1-6(9-2)5-7-3-4-8-6/h3-4H,5H2,1-2H3. The van der Waals surface area contributed by atoms with Gasteiger partial charge in [-0.25, -0.2) is 0 Å². The van der Waals surface area contributed by atoms with Gasteiger partial charge in [0, 0.05) is 19.5 Å². The maximum absolute atomic E-state index is 5.07. The lowest BCUT2D eigenvalue weighted by molar-refractivity contribution is 0.0224. The van der Waals surface area contributed by atoms with Crippen molar-refractivity contribution in [3.8, 4) is 0 Å². The number of hydrogen-bond acceptors (Lipinski definition) is 3. The van der Waals surface area contributed by atoms with Crippen LogP contribution in [0.2, 0.25) is 0 Å². The Kier molecular flexibility index (Phi) is 1.62. The Labute approximate surface area is 54.5 Å². The van der Waals surface area contributed by atoms with E-state index in [1.807, 2.05) is 6.92 Å². The first kappa shape index (κ1) is 6.42. The fourth-order valence-electron chi connectivity index (χ4n) is 0.618. The molecule has 1 unspecified atom stereocenters. The van der Waals surface area contributed by atoms with Crippen LogP contribution in [0.1, 0.15) is 6.92 Å². The number of hydrogen-bond donors (Lipinski definition) is 0. The van der Waals surface area contributed by atoms with Crippen molar-refractivity contribution in [3.05, 3.63) is 0 Å². The van der Waals surface area contributed by atoms with E-state index in [1.54, 1.807) is 19.5 Å². The van der Waals surface area contributed by atoms with Crippen LogP contribution >= 0.6 is 0 Å². The summed E-state index contributed by atoms with van der Waals surface area (Å²) in [5, 5.41) is 0. The van der Waals surface area contributed by atoms with Gasteiger partial charge in [0.1, 0.15) is 0 Å². The van der Waals surface area contributed by atoms with Gasteiger partial charge < -0.3 is 4.74 Å². The van der Waals surface area contributed by atoms with Gasteiger partial charge in [0.25, 0.3) is 0 Å². The van der Waals surface area contributed by atoms with E-state index in [4.69, 9.17) is 4.74 Å². The van der Waals surface area contributed by atoms with Crippen molar-refractivity contribution in [1.29, 1.82) is 0 Å².